The Morgan fingerprint density at radius 1 is 1.37 bits per heavy atom. The number of aromatic nitrogens is 5. The summed E-state index contributed by atoms with van der Waals surface area (Å²) < 4.78 is 6.78. The summed E-state index contributed by atoms with van der Waals surface area (Å²) in [6.07, 6.45) is 5.27. The van der Waals surface area contributed by atoms with E-state index in [1.165, 1.54) is 11.8 Å². The molecule has 0 aliphatic heterocycles. The second kappa shape index (κ2) is 7.17. The maximum atomic E-state index is 4.96. The molecule has 19 heavy (non-hydrogen) atoms. The van der Waals surface area contributed by atoms with Crippen molar-refractivity contribution in [3.05, 3.63) is 24.3 Å². The van der Waals surface area contributed by atoms with Crippen LogP contribution in [0.5, 0.6) is 0 Å². The van der Waals surface area contributed by atoms with Gasteiger partial charge in [-0.25, -0.2) is 9.97 Å². The predicted octanol–water partition coefficient (Wildman–Crippen LogP) is 0.492. The van der Waals surface area contributed by atoms with Gasteiger partial charge in [-0.2, -0.15) is 0 Å². The van der Waals surface area contributed by atoms with Crippen molar-refractivity contribution in [1.82, 2.24) is 30.0 Å². The van der Waals surface area contributed by atoms with Gasteiger partial charge in [0.25, 0.3) is 0 Å². The highest BCUT2D eigenvalue weighted by Crippen LogP contribution is 2.20. The Balaban J connectivity index is 1.86. The van der Waals surface area contributed by atoms with Crippen molar-refractivity contribution in [1.29, 1.82) is 0 Å². The fourth-order valence-electron chi connectivity index (χ4n) is 1.34. The second-order valence-electron chi connectivity index (χ2n) is 3.87. The second-order valence-corrected chi connectivity index (χ2v) is 4.80. The number of hydrogen-bond donors (Lipinski definition) is 1. The van der Waals surface area contributed by atoms with Crippen LogP contribution in [-0.4, -0.2) is 45.0 Å². The molecule has 0 aliphatic carbocycles. The number of nitrogens with zero attached hydrogens (tertiary/aromatic N) is 5. The average molecular weight is 280 g/mol. The standard InChI is InChI=1S/C11H16N6OS/c1-17-8-15-16-11(17)19-10-13-6-9(7-14-10)5-12-3-4-18-2/h6-8,12H,3-5H2,1-2H3. The average Bonchev–Trinajstić information content (AvgIpc) is 2.82. The molecule has 0 saturated carbocycles. The molecule has 2 rings (SSSR count). The van der Waals surface area contributed by atoms with Crippen LogP contribution in [-0.2, 0) is 18.3 Å². The monoisotopic (exact) mass is 280 g/mol. The van der Waals surface area contributed by atoms with Gasteiger partial charge < -0.3 is 14.6 Å². The number of ether oxygens (including phenoxy) is 1. The lowest BCUT2D eigenvalue weighted by Crippen LogP contribution is -2.18. The fourth-order valence-corrected chi connectivity index (χ4v) is 1.99. The van der Waals surface area contributed by atoms with Crippen LogP contribution >= 0.6 is 11.8 Å². The Labute approximate surface area is 115 Å². The van der Waals surface area contributed by atoms with E-state index in [1.807, 2.05) is 24.0 Å². The zero-order valence-corrected chi connectivity index (χ0v) is 11.7. The van der Waals surface area contributed by atoms with Gasteiger partial charge in [0.1, 0.15) is 6.33 Å². The van der Waals surface area contributed by atoms with Crippen LogP contribution in [0.3, 0.4) is 0 Å². The van der Waals surface area contributed by atoms with Gasteiger partial charge in [0.05, 0.1) is 6.61 Å². The van der Waals surface area contributed by atoms with Gasteiger partial charge in [-0.15, -0.1) is 10.2 Å². The van der Waals surface area contributed by atoms with Gasteiger partial charge in [0.2, 0.25) is 0 Å². The molecule has 0 atom stereocenters. The Kier molecular flexibility index (Phi) is 5.25. The van der Waals surface area contributed by atoms with Gasteiger partial charge >= 0.3 is 0 Å². The first-order chi connectivity index (χ1) is 9.29. The van der Waals surface area contributed by atoms with Crippen LogP contribution in [0.25, 0.3) is 0 Å². The summed E-state index contributed by atoms with van der Waals surface area (Å²) in [6.45, 7) is 2.24. The first-order valence-corrected chi connectivity index (χ1v) is 6.63. The first-order valence-electron chi connectivity index (χ1n) is 5.82. The van der Waals surface area contributed by atoms with Gasteiger partial charge in [0, 0.05) is 45.2 Å². The van der Waals surface area contributed by atoms with E-state index in [4.69, 9.17) is 4.74 Å². The van der Waals surface area contributed by atoms with Gasteiger partial charge in [-0.3, -0.25) is 0 Å². The topological polar surface area (TPSA) is 77.8 Å². The highest BCUT2D eigenvalue weighted by molar-refractivity contribution is 7.99. The van der Waals surface area contributed by atoms with Crippen molar-refractivity contribution >= 4 is 11.8 Å². The van der Waals surface area contributed by atoms with Crippen LogP contribution in [0.15, 0.2) is 29.0 Å². The maximum absolute atomic E-state index is 4.96. The third-order valence-electron chi connectivity index (χ3n) is 2.35. The molecule has 0 unspecified atom stereocenters. The molecule has 0 spiro atoms. The van der Waals surface area contributed by atoms with Crippen LogP contribution in [0.2, 0.25) is 0 Å². The van der Waals surface area contributed by atoms with Crippen LogP contribution in [0.1, 0.15) is 5.56 Å². The minimum absolute atomic E-state index is 0.664. The van der Waals surface area contributed by atoms with Crippen molar-refractivity contribution in [2.24, 2.45) is 7.05 Å². The Bertz CT molecular complexity index is 500. The Hall–Kier alpha value is -1.51. The van der Waals surface area contributed by atoms with E-state index >= 15 is 0 Å². The number of methoxy groups -OCH3 is 1. The van der Waals surface area contributed by atoms with Crippen molar-refractivity contribution in [2.45, 2.75) is 16.9 Å². The summed E-state index contributed by atoms with van der Waals surface area (Å²) >= 11 is 1.39. The molecule has 0 amide bonds. The highest BCUT2D eigenvalue weighted by Gasteiger charge is 2.05. The lowest BCUT2D eigenvalue weighted by Gasteiger charge is -2.04. The SMILES string of the molecule is COCCNCc1cnc(Sc2nncn2C)nc1. The zero-order chi connectivity index (χ0) is 13.5. The summed E-state index contributed by atoms with van der Waals surface area (Å²) in [5, 5.41) is 12.5. The molecule has 0 fully saturated rings. The highest BCUT2D eigenvalue weighted by atomic mass is 32.2. The quantitative estimate of drug-likeness (QED) is 0.584. The largest absolute Gasteiger partial charge is 0.383 e. The molecule has 102 valence electrons. The number of aryl methyl sites for hydroxylation is 1. The van der Waals surface area contributed by atoms with Crippen molar-refractivity contribution in [3.8, 4) is 0 Å². The normalized spacial score (nSPS) is 10.8. The lowest BCUT2D eigenvalue weighted by molar-refractivity contribution is 0.199. The molecular weight excluding hydrogens is 264 g/mol. The van der Waals surface area contributed by atoms with Crippen molar-refractivity contribution < 1.29 is 4.74 Å². The zero-order valence-electron chi connectivity index (χ0n) is 10.9. The molecule has 0 aliphatic rings. The van der Waals surface area contributed by atoms with E-state index in [0.717, 1.165) is 23.8 Å². The molecule has 2 aromatic rings. The Morgan fingerprint density at radius 3 is 2.79 bits per heavy atom. The lowest BCUT2D eigenvalue weighted by atomic mass is 10.3. The summed E-state index contributed by atoms with van der Waals surface area (Å²) in [7, 11) is 3.57. The van der Waals surface area contributed by atoms with E-state index in [9.17, 15) is 0 Å². The van der Waals surface area contributed by atoms with E-state index in [-0.39, 0.29) is 0 Å². The van der Waals surface area contributed by atoms with Crippen LogP contribution < -0.4 is 5.32 Å². The molecule has 1 N–H and O–H groups in total. The number of nitrogens with one attached hydrogen (secondary N) is 1. The Morgan fingerprint density at radius 2 is 2.16 bits per heavy atom. The van der Waals surface area contributed by atoms with E-state index in [1.54, 1.807) is 13.4 Å². The molecule has 2 aromatic heterocycles. The van der Waals surface area contributed by atoms with E-state index in [2.05, 4.69) is 25.5 Å². The molecule has 0 saturated heterocycles. The maximum Gasteiger partial charge on any atom is 0.198 e. The first kappa shape index (κ1) is 13.9. The molecule has 7 nitrogen and oxygen atoms in total. The fraction of sp³-hybridized carbons (Fsp3) is 0.455. The molecular formula is C11H16N6OS. The number of rotatable bonds is 7. The molecule has 0 radical (unpaired) electrons. The summed E-state index contributed by atoms with van der Waals surface area (Å²) in [4.78, 5) is 8.59. The van der Waals surface area contributed by atoms with Gasteiger partial charge in [0.15, 0.2) is 10.3 Å². The van der Waals surface area contributed by atoms with Crippen molar-refractivity contribution in [3.63, 3.8) is 0 Å². The molecule has 0 aromatic carbocycles. The number of hydrogen-bond acceptors (Lipinski definition) is 7. The summed E-state index contributed by atoms with van der Waals surface area (Å²) in [5.74, 6) is 0. The third-order valence-corrected chi connectivity index (χ3v) is 3.29. The molecule has 8 heteroatoms. The van der Waals surface area contributed by atoms with E-state index in [0.29, 0.717) is 11.8 Å². The summed E-state index contributed by atoms with van der Waals surface area (Å²) in [6, 6.07) is 0. The van der Waals surface area contributed by atoms with Gasteiger partial charge in [-0.05, 0) is 11.8 Å². The third kappa shape index (κ3) is 4.27. The molecule has 0 bridgehead atoms. The molecule has 2 heterocycles. The van der Waals surface area contributed by atoms with Crippen LogP contribution in [0.4, 0.5) is 0 Å². The minimum Gasteiger partial charge on any atom is -0.383 e. The van der Waals surface area contributed by atoms with Gasteiger partial charge in [-0.1, -0.05) is 0 Å². The minimum atomic E-state index is 0.664. The summed E-state index contributed by atoms with van der Waals surface area (Å²) in [5.41, 5.74) is 1.04. The van der Waals surface area contributed by atoms with E-state index < -0.39 is 0 Å². The smallest absolute Gasteiger partial charge is 0.198 e. The van der Waals surface area contributed by atoms with Crippen molar-refractivity contribution in [2.75, 3.05) is 20.3 Å². The predicted molar refractivity (Wildman–Crippen MR) is 70.7 cm³/mol. The van der Waals surface area contributed by atoms with Crippen LogP contribution in [0, 0.1) is 0 Å².